The molecule has 2 aromatic rings. The maximum Gasteiger partial charge on any atom is 0.337 e. The van der Waals surface area contributed by atoms with E-state index in [4.69, 9.17) is 21.7 Å². The predicted molar refractivity (Wildman–Crippen MR) is 104 cm³/mol. The van der Waals surface area contributed by atoms with Crippen LogP contribution < -0.4 is 20.2 Å². The fraction of sp³-hybridized carbons (Fsp3) is 0.167. The lowest BCUT2D eigenvalue weighted by molar-refractivity contribution is 0.0601. The molecule has 7 nitrogen and oxygen atoms in total. The lowest BCUT2D eigenvalue weighted by Crippen LogP contribution is -2.23. The Hall–Kier alpha value is -3.13. The van der Waals surface area contributed by atoms with Crippen LogP contribution in [0.5, 0.6) is 11.5 Å². The Kier molecular flexibility index (Phi) is 6.92. The number of esters is 1. The normalized spacial score (nSPS) is 10.3. The van der Waals surface area contributed by atoms with Crippen molar-refractivity contribution in [2.45, 2.75) is 0 Å². The summed E-state index contributed by atoms with van der Waals surface area (Å²) in [4.78, 5) is 11.4. The highest BCUT2D eigenvalue weighted by atomic mass is 32.1. The molecule has 0 aliphatic heterocycles. The lowest BCUT2D eigenvalue weighted by Gasteiger charge is -2.08. The topological polar surface area (TPSA) is 81.2 Å². The van der Waals surface area contributed by atoms with Crippen molar-refractivity contribution in [3.63, 3.8) is 0 Å². The number of hydrazone groups is 1. The maximum atomic E-state index is 11.4. The van der Waals surface area contributed by atoms with E-state index in [1.165, 1.54) is 7.11 Å². The largest absolute Gasteiger partial charge is 0.493 e. The summed E-state index contributed by atoms with van der Waals surface area (Å²) in [6.07, 6.45) is 1.61. The summed E-state index contributed by atoms with van der Waals surface area (Å²) in [6.45, 7) is 0. The fourth-order valence-electron chi connectivity index (χ4n) is 2.07. The van der Waals surface area contributed by atoms with Crippen LogP contribution >= 0.6 is 12.2 Å². The van der Waals surface area contributed by atoms with Gasteiger partial charge in [-0.05, 0) is 60.2 Å². The SMILES string of the molecule is COC(=O)c1ccc(NC(=S)N/N=C/c2ccc(OC)c(OC)c2)cc1. The van der Waals surface area contributed by atoms with Crippen LogP contribution in [0.4, 0.5) is 5.69 Å². The number of methoxy groups -OCH3 is 3. The zero-order valence-electron chi connectivity index (χ0n) is 14.6. The Bertz CT molecular complexity index is 807. The first-order chi connectivity index (χ1) is 12.6. The number of hydrogen-bond donors (Lipinski definition) is 2. The highest BCUT2D eigenvalue weighted by Gasteiger charge is 2.05. The molecular formula is C18H19N3O4S. The van der Waals surface area contributed by atoms with Crippen molar-refractivity contribution in [1.29, 1.82) is 0 Å². The summed E-state index contributed by atoms with van der Waals surface area (Å²) >= 11 is 5.17. The Morgan fingerprint density at radius 1 is 1.04 bits per heavy atom. The van der Waals surface area contributed by atoms with E-state index >= 15 is 0 Å². The Labute approximate surface area is 157 Å². The van der Waals surface area contributed by atoms with E-state index in [2.05, 4.69) is 20.6 Å². The molecule has 2 rings (SSSR count). The Morgan fingerprint density at radius 3 is 2.35 bits per heavy atom. The van der Waals surface area contributed by atoms with Gasteiger partial charge in [0.15, 0.2) is 16.6 Å². The molecule has 2 aromatic carbocycles. The smallest absolute Gasteiger partial charge is 0.337 e. The van der Waals surface area contributed by atoms with E-state index in [9.17, 15) is 4.79 Å². The van der Waals surface area contributed by atoms with E-state index in [0.29, 0.717) is 22.2 Å². The third-order valence-corrected chi connectivity index (χ3v) is 3.54. The first-order valence-electron chi connectivity index (χ1n) is 7.58. The molecule has 0 radical (unpaired) electrons. The molecule has 0 bridgehead atoms. The summed E-state index contributed by atoms with van der Waals surface area (Å²) in [5, 5.41) is 7.35. The number of thiocarbonyl (C=S) groups is 1. The van der Waals surface area contributed by atoms with Gasteiger partial charge in [-0.2, -0.15) is 5.10 Å². The molecular weight excluding hydrogens is 354 g/mol. The van der Waals surface area contributed by atoms with Crippen molar-refractivity contribution in [2.24, 2.45) is 5.10 Å². The van der Waals surface area contributed by atoms with Crippen molar-refractivity contribution in [1.82, 2.24) is 5.43 Å². The second-order valence-corrected chi connectivity index (χ2v) is 5.42. The zero-order valence-corrected chi connectivity index (χ0v) is 15.4. The van der Waals surface area contributed by atoms with Gasteiger partial charge in [-0.15, -0.1) is 0 Å². The number of ether oxygens (including phenoxy) is 3. The summed E-state index contributed by atoms with van der Waals surface area (Å²) in [5.41, 5.74) is 4.72. The van der Waals surface area contributed by atoms with Crippen molar-refractivity contribution >= 4 is 35.2 Å². The first kappa shape index (κ1) is 19.2. The molecule has 0 aromatic heterocycles. The molecule has 0 aliphatic rings. The molecule has 136 valence electrons. The van der Waals surface area contributed by atoms with Gasteiger partial charge in [-0.25, -0.2) is 4.79 Å². The lowest BCUT2D eigenvalue weighted by atomic mass is 10.2. The third-order valence-electron chi connectivity index (χ3n) is 3.35. The van der Waals surface area contributed by atoms with Gasteiger partial charge in [0.25, 0.3) is 0 Å². The van der Waals surface area contributed by atoms with E-state index < -0.39 is 5.97 Å². The van der Waals surface area contributed by atoms with E-state index in [1.807, 2.05) is 6.07 Å². The third kappa shape index (κ3) is 5.18. The van der Waals surface area contributed by atoms with Crippen LogP contribution in [-0.2, 0) is 4.74 Å². The van der Waals surface area contributed by atoms with Crippen molar-refractivity contribution in [3.8, 4) is 11.5 Å². The number of benzene rings is 2. The van der Waals surface area contributed by atoms with Crippen LogP contribution in [-0.4, -0.2) is 38.6 Å². The number of carbonyl (C=O) groups is 1. The van der Waals surface area contributed by atoms with Gasteiger partial charge in [0.05, 0.1) is 33.1 Å². The zero-order chi connectivity index (χ0) is 18.9. The van der Waals surface area contributed by atoms with Crippen LogP contribution in [0.25, 0.3) is 0 Å². The second kappa shape index (κ2) is 9.38. The van der Waals surface area contributed by atoms with Gasteiger partial charge < -0.3 is 19.5 Å². The van der Waals surface area contributed by atoms with Gasteiger partial charge in [0.2, 0.25) is 0 Å². The minimum absolute atomic E-state index is 0.313. The number of rotatable bonds is 6. The van der Waals surface area contributed by atoms with Gasteiger partial charge in [-0.3, -0.25) is 5.43 Å². The molecule has 0 saturated heterocycles. The van der Waals surface area contributed by atoms with Crippen LogP contribution in [0.15, 0.2) is 47.6 Å². The molecule has 0 atom stereocenters. The summed E-state index contributed by atoms with van der Waals surface area (Å²) in [6, 6.07) is 12.2. The molecule has 0 saturated carbocycles. The maximum absolute atomic E-state index is 11.4. The summed E-state index contributed by atoms with van der Waals surface area (Å²) < 4.78 is 15.1. The minimum atomic E-state index is -0.392. The molecule has 0 amide bonds. The number of hydrogen-bond acceptors (Lipinski definition) is 6. The van der Waals surface area contributed by atoms with Crippen molar-refractivity contribution < 1.29 is 19.0 Å². The predicted octanol–water partition coefficient (Wildman–Crippen LogP) is 2.81. The minimum Gasteiger partial charge on any atom is -0.493 e. The van der Waals surface area contributed by atoms with E-state index in [-0.39, 0.29) is 0 Å². The number of anilines is 1. The second-order valence-electron chi connectivity index (χ2n) is 5.01. The highest BCUT2D eigenvalue weighted by Crippen LogP contribution is 2.26. The van der Waals surface area contributed by atoms with Gasteiger partial charge in [0, 0.05) is 5.69 Å². The van der Waals surface area contributed by atoms with Crippen LogP contribution in [0, 0.1) is 0 Å². The molecule has 0 unspecified atom stereocenters. The molecule has 26 heavy (non-hydrogen) atoms. The van der Waals surface area contributed by atoms with Gasteiger partial charge in [0.1, 0.15) is 0 Å². The molecule has 0 fully saturated rings. The number of nitrogens with zero attached hydrogens (tertiary/aromatic N) is 1. The monoisotopic (exact) mass is 373 g/mol. The standard InChI is InChI=1S/C18H19N3O4S/c1-23-15-9-4-12(10-16(15)24-2)11-19-21-18(26)20-14-7-5-13(6-8-14)17(22)25-3/h4-11H,1-3H3,(H2,20,21,26)/b19-11+. The number of nitrogens with one attached hydrogen (secondary N) is 2. The van der Waals surface area contributed by atoms with Crippen LogP contribution in [0.3, 0.4) is 0 Å². The van der Waals surface area contributed by atoms with Gasteiger partial charge in [-0.1, -0.05) is 0 Å². The molecule has 0 spiro atoms. The van der Waals surface area contributed by atoms with Crippen LogP contribution in [0.1, 0.15) is 15.9 Å². The van der Waals surface area contributed by atoms with E-state index in [0.717, 1.165) is 11.3 Å². The van der Waals surface area contributed by atoms with Crippen molar-refractivity contribution in [3.05, 3.63) is 53.6 Å². The Balaban J connectivity index is 1.92. The molecule has 0 heterocycles. The summed E-state index contributed by atoms with van der Waals surface area (Å²) in [5.74, 6) is 0.866. The van der Waals surface area contributed by atoms with Crippen molar-refractivity contribution in [2.75, 3.05) is 26.6 Å². The molecule has 8 heteroatoms. The highest BCUT2D eigenvalue weighted by molar-refractivity contribution is 7.80. The quantitative estimate of drug-likeness (QED) is 0.349. The average Bonchev–Trinajstić information content (AvgIpc) is 2.67. The Morgan fingerprint density at radius 2 is 1.73 bits per heavy atom. The fourth-order valence-corrected chi connectivity index (χ4v) is 2.24. The number of carbonyl (C=O) groups excluding carboxylic acids is 1. The first-order valence-corrected chi connectivity index (χ1v) is 7.98. The molecule has 2 N–H and O–H groups in total. The van der Waals surface area contributed by atoms with Crippen LogP contribution in [0.2, 0.25) is 0 Å². The van der Waals surface area contributed by atoms with E-state index in [1.54, 1.807) is 56.8 Å². The average molecular weight is 373 g/mol. The molecule has 0 aliphatic carbocycles. The van der Waals surface area contributed by atoms with Gasteiger partial charge >= 0.3 is 5.97 Å². The summed E-state index contributed by atoms with van der Waals surface area (Å²) in [7, 11) is 4.49.